The van der Waals surface area contributed by atoms with Gasteiger partial charge in [-0.25, -0.2) is 0 Å². The molecular weight excluding hydrogens is 202 g/mol. The maximum absolute atomic E-state index is 11.3. The van der Waals surface area contributed by atoms with Crippen molar-refractivity contribution in [2.45, 2.75) is 24.8 Å². The molecular formula is C13H17NO2. The van der Waals surface area contributed by atoms with Crippen molar-refractivity contribution in [3.63, 3.8) is 0 Å². The molecule has 1 unspecified atom stereocenters. The molecule has 0 aromatic heterocycles. The molecule has 1 aliphatic carbocycles. The van der Waals surface area contributed by atoms with E-state index in [0.29, 0.717) is 12.6 Å². The lowest BCUT2D eigenvalue weighted by Crippen LogP contribution is -2.30. The summed E-state index contributed by atoms with van der Waals surface area (Å²) < 4.78 is 0. The Hall–Kier alpha value is -1.35. The SMILES string of the molecule is CN(CC(C(=O)O)c1ccccc1)C1CC1. The fraction of sp³-hybridized carbons (Fsp3) is 0.462. The van der Waals surface area contributed by atoms with E-state index in [0.717, 1.165) is 5.56 Å². The molecule has 1 atom stereocenters. The van der Waals surface area contributed by atoms with Crippen LogP contribution in [0.2, 0.25) is 0 Å². The molecule has 0 aliphatic heterocycles. The molecule has 86 valence electrons. The molecule has 0 saturated heterocycles. The average molecular weight is 219 g/mol. The lowest BCUT2D eigenvalue weighted by molar-refractivity contribution is -0.139. The zero-order chi connectivity index (χ0) is 11.5. The number of likely N-dealkylation sites (N-methyl/N-ethyl adjacent to an activating group) is 1. The molecule has 1 N–H and O–H groups in total. The van der Waals surface area contributed by atoms with Crippen LogP contribution in [0.25, 0.3) is 0 Å². The first-order chi connectivity index (χ1) is 7.68. The van der Waals surface area contributed by atoms with Gasteiger partial charge in [-0.05, 0) is 25.5 Å². The van der Waals surface area contributed by atoms with E-state index < -0.39 is 11.9 Å². The number of carboxylic acids is 1. The minimum atomic E-state index is -0.737. The maximum atomic E-state index is 11.3. The first-order valence-corrected chi connectivity index (χ1v) is 5.66. The van der Waals surface area contributed by atoms with Crippen LogP contribution in [0.5, 0.6) is 0 Å². The molecule has 0 spiro atoms. The van der Waals surface area contributed by atoms with Crippen LogP contribution >= 0.6 is 0 Å². The van der Waals surface area contributed by atoms with E-state index in [1.54, 1.807) is 0 Å². The van der Waals surface area contributed by atoms with Crippen LogP contribution in [-0.2, 0) is 4.79 Å². The van der Waals surface area contributed by atoms with E-state index in [-0.39, 0.29) is 0 Å². The van der Waals surface area contributed by atoms with E-state index in [1.165, 1.54) is 12.8 Å². The molecule has 0 radical (unpaired) electrons. The Balaban J connectivity index is 2.08. The summed E-state index contributed by atoms with van der Waals surface area (Å²) in [6.45, 7) is 0.601. The molecule has 3 nitrogen and oxygen atoms in total. The highest BCUT2D eigenvalue weighted by Crippen LogP contribution is 2.28. The third-order valence-electron chi connectivity index (χ3n) is 3.14. The number of nitrogens with zero attached hydrogens (tertiary/aromatic N) is 1. The predicted octanol–water partition coefficient (Wildman–Crippen LogP) is 1.95. The number of aliphatic carboxylic acids is 1. The molecule has 0 amide bonds. The van der Waals surface area contributed by atoms with Crippen molar-refractivity contribution in [2.24, 2.45) is 0 Å². The predicted molar refractivity (Wildman–Crippen MR) is 62.5 cm³/mol. The second-order valence-electron chi connectivity index (χ2n) is 4.47. The number of benzene rings is 1. The summed E-state index contributed by atoms with van der Waals surface area (Å²) in [5.74, 6) is -1.15. The standard InChI is InChI=1S/C13H17NO2/c1-14(11-7-8-11)9-12(13(15)16)10-5-3-2-4-6-10/h2-6,11-12H,7-9H2,1H3,(H,15,16). The van der Waals surface area contributed by atoms with Gasteiger partial charge in [0.05, 0.1) is 5.92 Å². The normalized spacial score (nSPS) is 17.4. The number of rotatable bonds is 5. The summed E-state index contributed by atoms with van der Waals surface area (Å²) in [6.07, 6.45) is 2.41. The molecule has 3 heteroatoms. The Morgan fingerprint density at radius 1 is 1.44 bits per heavy atom. The molecule has 16 heavy (non-hydrogen) atoms. The highest BCUT2D eigenvalue weighted by Gasteiger charge is 2.30. The largest absolute Gasteiger partial charge is 0.481 e. The van der Waals surface area contributed by atoms with Crippen LogP contribution < -0.4 is 0 Å². The van der Waals surface area contributed by atoms with Gasteiger partial charge in [-0.2, -0.15) is 0 Å². The van der Waals surface area contributed by atoms with E-state index >= 15 is 0 Å². The van der Waals surface area contributed by atoms with Crippen molar-refractivity contribution in [1.29, 1.82) is 0 Å². The number of carbonyl (C=O) groups is 1. The van der Waals surface area contributed by atoms with E-state index in [9.17, 15) is 9.90 Å². The Morgan fingerprint density at radius 3 is 2.56 bits per heavy atom. The monoisotopic (exact) mass is 219 g/mol. The number of carboxylic acid groups (broad SMARTS) is 1. The summed E-state index contributed by atoms with van der Waals surface area (Å²) in [7, 11) is 2.01. The van der Waals surface area contributed by atoms with Crippen molar-refractivity contribution in [3.8, 4) is 0 Å². The molecule has 1 aromatic carbocycles. The Bertz CT molecular complexity index is 359. The molecule has 1 aromatic rings. The van der Waals surface area contributed by atoms with Gasteiger partial charge in [-0.3, -0.25) is 4.79 Å². The van der Waals surface area contributed by atoms with Crippen molar-refractivity contribution >= 4 is 5.97 Å². The first-order valence-electron chi connectivity index (χ1n) is 5.66. The minimum Gasteiger partial charge on any atom is -0.481 e. The molecule has 1 aliphatic rings. The van der Waals surface area contributed by atoms with Gasteiger partial charge in [0.25, 0.3) is 0 Å². The number of hydrogen-bond donors (Lipinski definition) is 1. The summed E-state index contributed by atoms with van der Waals surface area (Å²) >= 11 is 0. The highest BCUT2D eigenvalue weighted by atomic mass is 16.4. The van der Waals surface area contributed by atoms with E-state index in [1.807, 2.05) is 37.4 Å². The third kappa shape index (κ3) is 2.61. The summed E-state index contributed by atoms with van der Waals surface area (Å²) in [6, 6.07) is 10.1. The minimum absolute atomic E-state index is 0.410. The lowest BCUT2D eigenvalue weighted by atomic mass is 9.99. The molecule has 0 heterocycles. The van der Waals surface area contributed by atoms with Gasteiger partial charge in [0.15, 0.2) is 0 Å². The van der Waals surface area contributed by atoms with Gasteiger partial charge >= 0.3 is 5.97 Å². The quantitative estimate of drug-likeness (QED) is 0.822. The van der Waals surface area contributed by atoms with Crippen molar-refractivity contribution < 1.29 is 9.90 Å². The second kappa shape index (κ2) is 4.66. The fourth-order valence-electron chi connectivity index (χ4n) is 1.96. The highest BCUT2D eigenvalue weighted by molar-refractivity contribution is 5.76. The lowest BCUT2D eigenvalue weighted by Gasteiger charge is -2.21. The first kappa shape index (κ1) is 11.1. The molecule has 0 bridgehead atoms. The van der Waals surface area contributed by atoms with Crippen molar-refractivity contribution in [2.75, 3.05) is 13.6 Å². The Morgan fingerprint density at radius 2 is 2.06 bits per heavy atom. The summed E-state index contributed by atoms with van der Waals surface area (Å²) in [4.78, 5) is 13.4. The van der Waals surface area contributed by atoms with Crippen molar-refractivity contribution in [3.05, 3.63) is 35.9 Å². The third-order valence-corrected chi connectivity index (χ3v) is 3.14. The van der Waals surface area contributed by atoms with Crippen LogP contribution in [0.15, 0.2) is 30.3 Å². The topological polar surface area (TPSA) is 40.5 Å². The van der Waals surface area contributed by atoms with E-state index in [4.69, 9.17) is 0 Å². The number of hydrogen-bond acceptors (Lipinski definition) is 2. The average Bonchev–Trinajstić information content (AvgIpc) is 3.10. The van der Waals surface area contributed by atoms with Crippen LogP contribution in [0.4, 0.5) is 0 Å². The van der Waals surface area contributed by atoms with Gasteiger partial charge < -0.3 is 10.0 Å². The van der Waals surface area contributed by atoms with E-state index in [2.05, 4.69) is 4.90 Å². The summed E-state index contributed by atoms with van der Waals surface area (Å²) in [5.41, 5.74) is 0.891. The van der Waals surface area contributed by atoms with Gasteiger partial charge in [-0.15, -0.1) is 0 Å². The zero-order valence-electron chi connectivity index (χ0n) is 9.47. The second-order valence-corrected chi connectivity index (χ2v) is 4.47. The molecule has 2 rings (SSSR count). The van der Waals surface area contributed by atoms with Gasteiger partial charge in [0, 0.05) is 12.6 Å². The zero-order valence-corrected chi connectivity index (χ0v) is 9.47. The Labute approximate surface area is 95.7 Å². The molecule has 1 saturated carbocycles. The van der Waals surface area contributed by atoms with Gasteiger partial charge in [0.1, 0.15) is 0 Å². The van der Waals surface area contributed by atoms with Crippen LogP contribution in [0.1, 0.15) is 24.3 Å². The van der Waals surface area contributed by atoms with Crippen LogP contribution in [-0.4, -0.2) is 35.6 Å². The van der Waals surface area contributed by atoms with Gasteiger partial charge in [-0.1, -0.05) is 30.3 Å². The maximum Gasteiger partial charge on any atom is 0.312 e. The Kier molecular flexibility index (Phi) is 3.25. The summed E-state index contributed by atoms with van der Waals surface area (Å²) in [5, 5.41) is 9.25. The van der Waals surface area contributed by atoms with Gasteiger partial charge in [0.2, 0.25) is 0 Å². The van der Waals surface area contributed by atoms with Crippen LogP contribution in [0, 0.1) is 0 Å². The van der Waals surface area contributed by atoms with Crippen LogP contribution in [0.3, 0.4) is 0 Å². The smallest absolute Gasteiger partial charge is 0.312 e. The molecule has 1 fully saturated rings. The van der Waals surface area contributed by atoms with Crippen molar-refractivity contribution in [1.82, 2.24) is 4.90 Å². The fourth-order valence-corrected chi connectivity index (χ4v) is 1.96.